The van der Waals surface area contributed by atoms with E-state index in [1.165, 1.54) is 18.4 Å². The van der Waals surface area contributed by atoms with Crippen LogP contribution >= 0.6 is 0 Å². The maximum absolute atomic E-state index is 12.8. The molecule has 160 valence electrons. The molecule has 0 aliphatic rings. The number of aryl methyl sites for hydroxylation is 1. The van der Waals surface area contributed by atoms with Gasteiger partial charge in [-0.25, -0.2) is 8.42 Å². The fraction of sp³-hybridized carbons (Fsp3) is 0.130. The van der Waals surface area contributed by atoms with E-state index in [1.54, 1.807) is 72.8 Å². The first-order chi connectivity index (χ1) is 14.7. The minimum absolute atomic E-state index is 0.193. The van der Waals surface area contributed by atoms with Gasteiger partial charge in [-0.05, 0) is 61.5 Å². The summed E-state index contributed by atoms with van der Waals surface area (Å²) >= 11 is 0. The minimum Gasteiger partial charge on any atom is -0.355 e. The number of sulfonamides is 1. The summed E-state index contributed by atoms with van der Waals surface area (Å²) in [4.78, 5) is 24.5. The molecule has 0 radical (unpaired) electrons. The first kappa shape index (κ1) is 22.0. The Morgan fingerprint density at radius 3 is 2.10 bits per heavy atom. The number of nitrogens with one attached hydrogen (secondary N) is 2. The molecule has 3 aromatic carbocycles. The molecule has 0 saturated carbocycles. The van der Waals surface area contributed by atoms with Crippen molar-refractivity contribution >= 4 is 33.2 Å². The topological polar surface area (TPSA) is 95.6 Å². The Morgan fingerprint density at radius 2 is 1.48 bits per heavy atom. The molecule has 7 nitrogen and oxygen atoms in total. The molecular weight excluding hydrogens is 414 g/mol. The maximum atomic E-state index is 12.8. The van der Waals surface area contributed by atoms with Crippen LogP contribution in [0.2, 0.25) is 0 Å². The van der Waals surface area contributed by atoms with Crippen LogP contribution in [0, 0.1) is 6.92 Å². The molecule has 2 amide bonds. The van der Waals surface area contributed by atoms with E-state index in [2.05, 4.69) is 10.6 Å². The number of carbonyl (C=O) groups excluding carboxylic acids is 2. The van der Waals surface area contributed by atoms with E-state index >= 15 is 0 Å². The second kappa shape index (κ2) is 9.01. The van der Waals surface area contributed by atoms with Crippen LogP contribution in [0.1, 0.15) is 26.3 Å². The minimum atomic E-state index is -3.71. The van der Waals surface area contributed by atoms with E-state index in [9.17, 15) is 18.0 Å². The molecule has 0 saturated heterocycles. The third-order valence-electron chi connectivity index (χ3n) is 4.78. The molecule has 31 heavy (non-hydrogen) atoms. The van der Waals surface area contributed by atoms with E-state index in [1.807, 2.05) is 6.92 Å². The van der Waals surface area contributed by atoms with Crippen molar-refractivity contribution in [1.29, 1.82) is 0 Å². The number of hydrogen-bond acceptors (Lipinski definition) is 4. The average Bonchev–Trinajstić information content (AvgIpc) is 2.78. The summed E-state index contributed by atoms with van der Waals surface area (Å²) in [6, 6.07) is 19.4. The number of carbonyl (C=O) groups is 2. The van der Waals surface area contributed by atoms with Gasteiger partial charge in [-0.3, -0.25) is 13.9 Å². The molecule has 0 aromatic heterocycles. The molecule has 2 N–H and O–H groups in total. The van der Waals surface area contributed by atoms with Gasteiger partial charge in [-0.2, -0.15) is 0 Å². The van der Waals surface area contributed by atoms with Crippen molar-refractivity contribution in [3.63, 3.8) is 0 Å². The van der Waals surface area contributed by atoms with E-state index in [4.69, 9.17) is 0 Å². The van der Waals surface area contributed by atoms with E-state index in [-0.39, 0.29) is 16.7 Å². The Morgan fingerprint density at radius 1 is 0.839 bits per heavy atom. The summed E-state index contributed by atoms with van der Waals surface area (Å²) in [5.74, 6) is -0.622. The zero-order chi connectivity index (χ0) is 22.6. The highest BCUT2D eigenvalue weighted by atomic mass is 32.2. The van der Waals surface area contributed by atoms with E-state index in [0.29, 0.717) is 22.5 Å². The number of amides is 2. The summed E-state index contributed by atoms with van der Waals surface area (Å²) in [6.45, 7) is 1.89. The lowest BCUT2D eigenvalue weighted by molar-refractivity contribution is 0.0961. The number of hydrogen-bond donors (Lipinski definition) is 2. The fourth-order valence-electron chi connectivity index (χ4n) is 2.92. The van der Waals surface area contributed by atoms with Gasteiger partial charge in [0.25, 0.3) is 21.8 Å². The highest BCUT2D eigenvalue weighted by molar-refractivity contribution is 7.92. The Bertz CT molecular complexity index is 1200. The summed E-state index contributed by atoms with van der Waals surface area (Å²) in [5.41, 5.74) is 2.67. The van der Waals surface area contributed by atoms with Crippen LogP contribution in [0.25, 0.3) is 0 Å². The van der Waals surface area contributed by atoms with Crippen LogP contribution in [0.15, 0.2) is 77.7 Å². The van der Waals surface area contributed by atoms with Crippen LogP contribution in [-0.4, -0.2) is 34.3 Å². The standard InChI is InChI=1S/C23H23N3O4S/c1-16-7-13-21(14-8-16)31(29,30)26(3)20-11-9-17(10-12-20)23(28)25-19-6-4-5-18(15-19)22(27)24-2/h4-15H,1-3H3,(H,24,27)(H,25,28). The molecule has 0 unspecified atom stereocenters. The Hall–Kier alpha value is -3.65. The summed E-state index contributed by atoms with van der Waals surface area (Å²) in [6.07, 6.45) is 0. The predicted molar refractivity (Wildman–Crippen MR) is 121 cm³/mol. The van der Waals surface area contributed by atoms with Gasteiger partial charge in [-0.15, -0.1) is 0 Å². The third kappa shape index (κ3) is 4.92. The smallest absolute Gasteiger partial charge is 0.264 e. The van der Waals surface area contributed by atoms with Crippen LogP contribution in [0.4, 0.5) is 11.4 Å². The van der Waals surface area contributed by atoms with Gasteiger partial charge >= 0.3 is 0 Å². The lowest BCUT2D eigenvalue weighted by Gasteiger charge is -2.20. The van der Waals surface area contributed by atoms with Crippen molar-refractivity contribution < 1.29 is 18.0 Å². The molecule has 0 aliphatic carbocycles. The van der Waals surface area contributed by atoms with Crippen molar-refractivity contribution in [2.24, 2.45) is 0 Å². The molecule has 0 fully saturated rings. The van der Waals surface area contributed by atoms with Crippen LogP contribution in [0.3, 0.4) is 0 Å². The second-order valence-electron chi connectivity index (χ2n) is 6.95. The van der Waals surface area contributed by atoms with Crippen LogP contribution < -0.4 is 14.9 Å². The lowest BCUT2D eigenvalue weighted by Crippen LogP contribution is -2.26. The Labute approximate surface area is 181 Å². The van der Waals surface area contributed by atoms with Gasteiger partial charge in [0.2, 0.25) is 0 Å². The molecule has 0 aliphatic heterocycles. The number of nitrogens with zero attached hydrogens (tertiary/aromatic N) is 1. The SMILES string of the molecule is CNC(=O)c1cccc(NC(=O)c2ccc(N(C)S(=O)(=O)c3ccc(C)cc3)cc2)c1. The molecule has 0 heterocycles. The van der Waals surface area contributed by atoms with Gasteiger partial charge < -0.3 is 10.6 Å². The number of rotatable bonds is 6. The first-order valence-corrected chi connectivity index (χ1v) is 11.0. The first-order valence-electron chi connectivity index (χ1n) is 9.51. The van der Waals surface area contributed by atoms with Crippen LogP contribution in [0.5, 0.6) is 0 Å². The Kier molecular flexibility index (Phi) is 6.41. The highest BCUT2D eigenvalue weighted by Crippen LogP contribution is 2.23. The normalized spacial score (nSPS) is 10.9. The number of benzene rings is 3. The predicted octanol–water partition coefficient (Wildman–Crippen LogP) is 3.43. The maximum Gasteiger partial charge on any atom is 0.264 e. The highest BCUT2D eigenvalue weighted by Gasteiger charge is 2.21. The van der Waals surface area contributed by atoms with Gasteiger partial charge in [0.15, 0.2) is 0 Å². The van der Waals surface area contributed by atoms with Gasteiger partial charge in [0, 0.05) is 30.9 Å². The summed E-state index contributed by atoms with van der Waals surface area (Å²) in [7, 11) is -0.711. The van der Waals surface area contributed by atoms with Crippen LogP contribution in [-0.2, 0) is 10.0 Å². The molecule has 0 spiro atoms. The monoisotopic (exact) mass is 437 g/mol. The largest absolute Gasteiger partial charge is 0.355 e. The van der Waals surface area contributed by atoms with E-state index in [0.717, 1.165) is 5.56 Å². The van der Waals surface area contributed by atoms with Gasteiger partial charge in [0.1, 0.15) is 0 Å². The second-order valence-corrected chi connectivity index (χ2v) is 8.92. The molecule has 3 aromatic rings. The zero-order valence-corrected chi connectivity index (χ0v) is 18.2. The Balaban J connectivity index is 1.76. The number of anilines is 2. The average molecular weight is 438 g/mol. The van der Waals surface area contributed by atoms with Crippen molar-refractivity contribution in [3.05, 3.63) is 89.5 Å². The van der Waals surface area contributed by atoms with Gasteiger partial charge in [-0.1, -0.05) is 23.8 Å². The van der Waals surface area contributed by atoms with Crippen molar-refractivity contribution in [2.75, 3.05) is 23.7 Å². The molecule has 8 heteroatoms. The van der Waals surface area contributed by atoms with Crippen molar-refractivity contribution in [2.45, 2.75) is 11.8 Å². The van der Waals surface area contributed by atoms with E-state index < -0.39 is 10.0 Å². The molecule has 0 bridgehead atoms. The summed E-state index contributed by atoms with van der Waals surface area (Å²) < 4.78 is 26.8. The third-order valence-corrected chi connectivity index (χ3v) is 6.58. The summed E-state index contributed by atoms with van der Waals surface area (Å²) in [5, 5.41) is 5.27. The molecule has 0 atom stereocenters. The quantitative estimate of drug-likeness (QED) is 0.618. The molecular formula is C23H23N3O4S. The lowest BCUT2D eigenvalue weighted by atomic mass is 10.1. The van der Waals surface area contributed by atoms with Crippen molar-refractivity contribution in [1.82, 2.24) is 5.32 Å². The fourth-order valence-corrected chi connectivity index (χ4v) is 4.11. The van der Waals surface area contributed by atoms with Crippen molar-refractivity contribution in [3.8, 4) is 0 Å². The zero-order valence-electron chi connectivity index (χ0n) is 17.4. The van der Waals surface area contributed by atoms with Gasteiger partial charge in [0.05, 0.1) is 10.6 Å². The molecule has 3 rings (SSSR count).